The van der Waals surface area contributed by atoms with Gasteiger partial charge in [-0.1, -0.05) is 29.8 Å². The number of methoxy groups -OCH3 is 1. The van der Waals surface area contributed by atoms with Gasteiger partial charge < -0.3 is 9.64 Å². The van der Waals surface area contributed by atoms with E-state index in [9.17, 15) is 9.18 Å². The number of piperazine rings is 1. The zero-order chi connectivity index (χ0) is 20.8. The Bertz CT molecular complexity index is 823. The van der Waals surface area contributed by atoms with Gasteiger partial charge in [0.25, 0.3) is 0 Å². The van der Waals surface area contributed by atoms with Gasteiger partial charge in [0, 0.05) is 51.3 Å². The second-order valence-electron chi connectivity index (χ2n) is 7.39. The molecule has 0 N–H and O–H groups in total. The molecule has 0 saturated carbocycles. The second-order valence-corrected chi connectivity index (χ2v) is 7.79. The molecule has 1 saturated heterocycles. The summed E-state index contributed by atoms with van der Waals surface area (Å²) in [6, 6.07) is 12.3. The van der Waals surface area contributed by atoms with E-state index in [1.54, 1.807) is 18.1 Å². The summed E-state index contributed by atoms with van der Waals surface area (Å²) in [6.45, 7) is 5.02. The number of carbonyl (C=O) groups is 1. The smallest absolute Gasteiger partial charge is 0.236 e. The molecular weight excluding hydrogens is 393 g/mol. The Morgan fingerprint density at radius 2 is 1.76 bits per heavy atom. The van der Waals surface area contributed by atoms with Crippen LogP contribution in [0, 0.1) is 5.82 Å². The number of nitrogens with zero attached hydrogens (tertiary/aromatic N) is 3. The minimum atomic E-state index is -0.319. The van der Waals surface area contributed by atoms with Crippen molar-refractivity contribution in [1.29, 1.82) is 0 Å². The van der Waals surface area contributed by atoms with Crippen LogP contribution in [0.1, 0.15) is 11.1 Å². The molecule has 0 atom stereocenters. The summed E-state index contributed by atoms with van der Waals surface area (Å²) in [7, 11) is 3.47. The number of rotatable bonds is 7. The van der Waals surface area contributed by atoms with Gasteiger partial charge in [0.05, 0.1) is 13.7 Å². The zero-order valence-corrected chi connectivity index (χ0v) is 17.7. The van der Waals surface area contributed by atoms with Crippen LogP contribution in [0.2, 0.25) is 5.02 Å². The maximum absolute atomic E-state index is 13.2. The van der Waals surface area contributed by atoms with E-state index in [1.807, 2.05) is 31.3 Å². The number of halogens is 2. The number of ether oxygens (including phenoxy) is 1. The molecule has 1 fully saturated rings. The summed E-state index contributed by atoms with van der Waals surface area (Å²) in [5, 5.41) is 0.461. The Labute approximate surface area is 176 Å². The van der Waals surface area contributed by atoms with Crippen molar-refractivity contribution in [3.63, 3.8) is 0 Å². The van der Waals surface area contributed by atoms with Crippen LogP contribution in [-0.2, 0) is 17.9 Å². The van der Waals surface area contributed by atoms with Crippen molar-refractivity contribution in [3.05, 3.63) is 64.4 Å². The first-order valence-corrected chi connectivity index (χ1v) is 10.1. The lowest BCUT2D eigenvalue weighted by Gasteiger charge is -2.35. The Hall–Kier alpha value is -2.15. The van der Waals surface area contributed by atoms with Crippen molar-refractivity contribution >= 4 is 17.5 Å². The molecule has 1 aliphatic rings. The molecule has 156 valence electrons. The molecule has 0 aliphatic carbocycles. The Morgan fingerprint density at radius 3 is 2.38 bits per heavy atom. The van der Waals surface area contributed by atoms with Crippen molar-refractivity contribution < 1.29 is 13.9 Å². The molecule has 5 nitrogen and oxygen atoms in total. The van der Waals surface area contributed by atoms with Gasteiger partial charge >= 0.3 is 0 Å². The standard InChI is InChI=1S/C22H27ClFN3O2/c1-25(14-17-3-7-20(29-2)8-4-17)22(28)16-27-11-9-26(10-12-27)15-18-5-6-19(24)13-21(18)23/h3-8,13H,9-12,14-16H2,1-2H3. The number of carbonyl (C=O) groups excluding carboxylic acids is 1. The molecule has 1 amide bonds. The van der Waals surface area contributed by atoms with Crippen LogP contribution in [0.25, 0.3) is 0 Å². The van der Waals surface area contributed by atoms with Gasteiger partial charge in [-0.2, -0.15) is 0 Å². The molecule has 3 rings (SSSR count). The minimum Gasteiger partial charge on any atom is -0.497 e. The van der Waals surface area contributed by atoms with Crippen LogP contribution >= 0.6 is 11.6 Å². The second kappa shape index (κ2) is 10.1. The van der Waals surface area contributed by atoms with Crippen molar-refractivity contribution in [3.8, 4) is 5.75 Å². The average molecular weight is 420 g/mol. The van der Waals surface area contributed by atoms with Crippen LogP contribution in [-0.4, -0.2) is 67.5 Å². The number of amides is 1. The van der Waals surface area contributed by atoms with Crippen LogP contribution in [0.5, 0.6) is 5.75 Å². The fourth-order valence-corrected chi connectivity index (χ4v) is 3.63. The predicted molar refractivity (Wildman–Crippen MR) is 113 cm³/mol. The number of hydrogen-bond acceptors (Lipinski definition) is 4. The van der Waals surface area contributed by atoms with Crippen molar-refractivity contribution in [1.82, 2.24) is 14.7 Å². The average Bonchev–Trinajstić information content (AvgIpc) is 2.72. The largest absolute Gasteiger partial charge is 0.497 e. The first kappa shape index (κ1) is 21.6. The van der Waals surface area contributed by atoms with E-state index in [2.05, 4.69) is 9.80 Å². The van der Waals surface area contributed by atoms with E-state index in [0.29, 0.717) is 24.7 Å². The van der Waals surface area contributed by atoms with Crippen molar-refractivity contribution in [2.24, 2.45) is 0 Å². The van der Waals surface area contributed by atoms with E-state index < -0.39 is 0 Å². The van der Waals surface area contributed by atoms with Gasteiger partial charge in [-0.3, -0.25) is 14.6 Å². The lowest BCUT2D eigenvalue weighted by molar-refractivity contribution is -0.132. The summed E-state index contributed by atoms with van der Waals surface area (Å²) in [5.41, 5.74) is 2.00. The summed E-state index contributed by atoms with van der Waals surface area (Å²) < 4.78 is 18.4. The third-order valence-electron chi connectivity index (χ3n) is 5.24. The molecule has 7 heteroatoms. The lowest BCUT2D eigenvalue weighted by atomic mass is 10.2. The van der Waals surface area contributed by atoms with Gasteiger partial charge in [-0.15, -0.1) is 0 Å². The van der Waals surface area contributed by atoms with E-state index in [-0.39, 0.29) is 11.7 Å². The highest BCUT2D eigenvalue weighted by atomic mass is 35.5. The third kappa shape index (κ3) is 6.16. The first-order valence-electron chi connectivity index (χ1n) is 9.70. The SMILES string of the molecule is COc1ccc(CN(C)C(=O)CN2CCN(Cc3ccc(F)cc3Cl)CC2)cc1. The molecule has 0 bridgehead atoms. The molecule has 0 radical (unpaired) electrons. The molecule has 1 aliphatic heterocycles. The van der Waals surface area contributed by atoms with E-state index in [4.69, 9.17) is 16.3 Å². The van der Waals surface area contributed by atoms with E-state index in [0.717, 1.165) is 43.1 Å². The van der Waals surface area contributed by atoms with Gasteiger partial charge in [-0.25, -0.2) is 4.39 Å². The molecule has 29 heavy (non-hydrogen) atoms. The Morgan fingerprint density at radius 1 is 1.10 bits per heavy atom. The molecule has 0 aromatic heterocycles. The molecular formula is C22H27ClFN3O2. The highest BCUT2D eigenvalue weighted by Gasteiger charge is 2.21. The van der Waals surface area contributed by atoms with Gasteiger partial charge in [0.2, 0.25) is 5.91 Å². The van der Waals surface area contributed by atoms with E-state index >= 15 is 0 Å². The molecule has 0 unspecified atom stereocenters. The fraction of sp³-hybridized carbons (Fsp3) is 0.409. The minimum absolute atomic E-state index is 0.107. The monoisotopic (exact) mass is 419 g/mol. The number of hydrogen-bond donors (Lipinski definition) is 0. The predicted octanol–water partition coefficient (Wildman–Crippen LogP) is 3.26. The van der Waals surface area contributed by atoms with Crippen LogP contribution in [0.4, 0.5) is 4.39 Å². The lowest BCUT2D eigenvalue weighted by Crippen LogP contribution is -2.49. The number of likely N-dealkylation sites (N-methyl/N-ethyl adjacent to an activating group) is 1. The van der Waals surface area contributed by atoms with E-state index in [1.165, 1.54) is 12.1 Å². The quantitative estimate of drug-likeness (QED) is 0.690. The van der Waals surface area contributed by atoms with Crippen molar-refractivity contribution in [2.75, 3.05) is 46.9 Å². The maximum atomic E-state index is 13.2. The number of benzene rings is 2. The summed E-state index contributed by atoms with van der Waals surface area (Å²) in [6.07, 6.45) is 0. The van der Waals surface area contributed by atoms with Gasteiger partial charge in [0.1, 0.15) is 11.6 Å². The van der Waals surface area contributed by atoms with Crippen molar-refractivity contribution in [2.45, 2.75) is 13.1 Å². The summed E-state index contributed by atoms with van der Waals surface area (Å²) >= 11 is 6.13. The Kier molecular flexibility index (Phi) is 7.47. The van der Waals surface area contributed by atoms with Gasteiger partial charge in [-0.05, 0) is 35.4 Å². The highest BCUT2D eigenvalue weighted by Crippen LogP contribution is 2.20. The summed E-state index contributed by atoms with van der Waals surface area (Å²) in [4.78, 5) is 18.8. The molecule has 2 aromatic carbocycles. The first-order chi connectivity index (χ1) is 13.9. The van der Waals surface area contributed by atoms with Crippen LogP contribution in [0.15, 0.2) is 42.5 Å². The maximum Gasteiger partial charge on any atom is 0.236 e. The molecule has 2 aromatic rings. The normalized spacial score (nSPS) is 15.3. The highest BCUT2D eigenvalue weighted by molar-refractivity contribution is 6.31. The van der Waals surface area contributed by atoms with Crippen LogP contribution < -0.4 is 4.74 Å². The van der Waals surface area contributed by atoms with Gasteiger partial charge in [0.15, 0.2) is 0 Å². The third-order valence-corrected chi connectivity index (χ3v) is 5.59. The Balaban J connectivity index is 1.43. The van der Waals surface area contributed by atoms with Crippen LogP contribution in [0.3, 0.4) is 0 Å². The molecule has 1 heterocycles. The molecule has 0 spiro atoms. The zero-order valence-electron chi connectivity index (χ0n) is 16.9. The fourth-order valence-electron chi connectivity index (χ4n) is 3.40. The summed E-state index contributed by atoms with van der Waals surface area (Å²) in [5.74, 6) is 0.596. The topological polar surface area (TPSA) is 36.0 Å².